The first-order valence-corrected chi connectivity index (χ1v) is 7.31. The molecular formula is C15H18ClF2N3O2. The largest absolute Gasteiger partial charge is 0.352 e. The van der Waals surface area contributed by atoms with Crippen molar-refractivity contribution >= 4 is 29.9 Å². The maximum Gasteiger partial charge on any atom is 0.227 e. The lowest BCUT2D eigenvalue weighted by atomic mass is 10.1. The number of halogens is 3. The Morgan fingerprint density at radius 1 is 1.35 bits per heavy atom. The van der Waals surface area contributed by atoms with Gasteiger partial charge in [-0.3, -0.25) is 9.59 Å². The van der Waals surface area contributed by atoms with Crippen LogP contribution in [0.5, 0.6) is 0 Å². The van der Waals surface area contributed by atoms with Crippen LogP contribution < -0.4 is 15.5 Å². The predicted molar refractivity (Wildman–Crippen MR) is 83.5 cm³/mol. The summed E-state index contributed by atoms with van der Waals surface area (Å²) < 4.78 is 26.7. The molecule has 2 amide bonds. The number of hydrogen-bond acceptors (Lipinski definition) is 3. The average Bonchev–Trinajstić information content (AvgIpc) is 3.09. The summed E-state index contributed by atoms with van der Waals surface area (Å²) in [5, 5.41) is 6.05. The molecule has 2 aliphatic heterocycles. The summed E-state index contributed by atoms with van der Waals surface area (Å²) in [6.07, 6.45) is 0.908. The van der Waals surface area contributed by atoms with Gasteiger partial charge in [-0.25, -0.2) is 8.78 Å². The second-order valence-electron chi connectivity index (χ2n) is 5.70. The van der Waals surface area contributed by atoms with Crippen molar-refractivity contribution in [3.8, 4) is 0 Å². The van der Waals surface area contributed by atoms with Crippen molar-refractivity contribution in [3.05, 3.63) is 29.8 Å². The Morgan fingerprint density at radius 3 is 2.78 bits per heavy atom. The molecule has 0 spiro atoms. The number of nitrogens with zero attached hydrogens (tertiary/aromatic N) is 1. The van der Waals surface area contributed by atoms with Gasteiger partial charge >= 0.3 is 0 Å². The molecule has 2 unspecified atom stereocenters. The molecule has 5 nitrogen and oxygen atoms in total. The van der Waals surface area contributed by atoms with Gasteiger partial charge in [-0.1, -0.05) is 0 Å². The number of hydrogen-bond donors (Lipinski definition) is 2. The third-order valence-corrected chi connectivity index (χ3v) is 4.10. The molecule has 0 bridgehead atoms. The van der Waals surface area contributed by atoms with Gasteiger partial charge in [-0.15, -0.1) is 12.4 Å². The molecule has 1 aromatic rings. The van der Waals surface area contributed by atoms with E-state index in [1.165, 1.54) is 11.0 Å². The number of rotatable bonds is 3. The zero-order valence-electron chi connectivity index (χ0n) is 12.4. The lowest BCUT2D eigenvalue weighted by Gasteiger charge is -2.18. The van der Waals surface area contributed by atoms with E-state index in [1.807, 2.05) is 0 Å². The first-order valence-electron chi connectivity index (χ1n) is 7.31. The van der Waals surface area contributed by atoms with Gasteiger partial charge in [-0.2, -0.15) is 0 Å². The molecular weight excluding hydrogens is 328 g/mol. The summed E-state index contributed by atoms with van der Waals surface area (Å²) in [5.74, 6) is -2.51. The highest BCUT2D eigenvalue weighted by Gasteiger charge is 2.37. The molecule has 3 rings (SSSR count). The Bertz CT molecular complexity index is 608. The van der Waals surface area contributed by atoms with Crippen molar-refractivity contribution in [2.75, 3.05) is 24.5 Å². The topological polar surface area (TPSA) is 61.4 Å². The van der Waals surface area contributed by atoms with Gasteiger partial charge in [0.15, 0.2) is 0 Å². The van der Waals surface area contributed by atoms with E-state index in [2.05, 4.69) is 10.6 Å². The molecule has 2 atom stereocenters. The zero-order valence-corrected chi connectivity index (χ0v) is 13.2. The Morgan fingerprint density at radius 2 is 2.13 bits per heavy atom. The van der Waals surface area contributed by atoms with E-state index >= 15 is 0 Å². The Labute approximate surface area is 138 Å². The van der Waals surface area contributed by atoms with Crippen LogP contribution in [-0.4, -0.2) is 37.5 Å². The monoisotopic (exact) mass is 345 g/mol. The van der Waals surface area contributed by atoms with E-state index in [1.54, 1.807) is 0 Å². The molecule has 0 aliphatic carbocycles. The van der Waals surface area contributed by atoms with E-state index < -0.39 is 17.6 Å². The predicted octanol–water partition coefficient (Wildman–Crippen LogP) is 1.22. The summed E-state index contributed by atoms with van der Waals surface area (Å²) in [6, 6.07) is 3.15. The zero-order chi connectivity index (χ0) is 15.7. The van der Waals surface area contributed by atoms with Gasteiger partial charge in [0.25, 0.3) is 0 Å². The normalized spacial score (nSPS) is 23.7. The van der Waals surface area contributed by atoms with Crippen LogP contribution in [0.1, 0.15) is 12.8 Å². The molecule has 1 aromatic carbocycles. The Balaban J connectivity index is 0.00000192. The van der Waals surface area contributed by atoms with Crippen molar-refractivity contribution in [3.63, 3.8) is 0 Å². The maximum absolute atomic E-state index is 13.8. The van der Waals surface area contributed by atoms with Crippen LogP contribution >= 0.6 is 12.4 Å². The number of benzene rings is 1. The first kappa shape index (κ1) is 17.6. The van der Waals surface area contributed by atoms with E-state index in [4.69, 9.17) is 0 Å². The van der Waals surface area contributed by atoms with Gasteiger partial charge < -0.3 is 15.5 Å². The third kappa shape index (κ3) is 3.79. The molecule has 126 valence electrons. The summed E-state index contributed by atoms with van der Waals surface area (Å²) in [5.41, 5.74) is 0.0178. The molecule has 2 N–H and O–H groups in total. The van der Waals surface area contributed by atoms with Gasteiger partial charge in [0.05, 0.1) is 11.6 Å². The summed E-state index contributed by atoms with van der Waals surface area (Å²) >= 11 is 0. The van der Waals surface area contributed by atoms with Crippen molar-refractivity contribution in [2.45, 2.75) is 18.9 Å². The molecule has 2 fully saturated rings. The highest BCUT2D eigenvalue weighted by Crippen LogP contribution is 2.28. The quantitative estimate of drug-likeness (QED) is 0.866. The van der Waals surface area contributed by atoms with Gasteiger partial charge in [0.1, 0.15) is 11.6 Å². The average molecular weight is 346 g/mol. The molecule has 2 saturated heterocycles. The van der Waals surface area contributed by atoms with Crippen LogP contribution in [0, 0.1) is 17.6 Å². The highest BCUT2D eigenvalue weighted by molar-refractivity contribution is 6.00. The fourth-order valence-electron chi connectivity index (χ4n) is 2.91. The van der Waals surface area contributed by atoms with Crippen molar-refractivity contribution in [1.29, 1.82) is 0 Å². The third-order valence-electron chi connectivity index (χ3n) is 4.10. The highest BCUT2D eigenvalue weighted by atomic mass is 35.5. The maximum atomic E-state index is 13.8. The molecule has 0 saturated carbocycles. The van der Waals surface area contributed by atoms with Crippen molar-refractivity contribution in [2.24, 2.45) is 5.92 Å². The van der Waals surface area contributed by atoms with Crippen molar-refractivity contribution in [1.82, 2.24) is 10.6 Å². The smallest absolute Gasteiger partial charge is 0.227 e. The van der Waals surface area contributed by atoms with Crippen molar-refractivity contribution < 1.29 is 18.4 Å². The lowest BCUT2D eigenvalue weighted by molar-refractivity contribution is -0.126. The molecule has 2 heterocycles. The SMILES string of the molecule is Cl.O=C(NC1CCNC1)C1CC(=O)N(c2ccc(F)cc2F)C1. The van der Waals surface area contributed by atoms with Crippen LogP contribution in [0.15, 0.2) is 18.2 Å². The minimum Gasteiger partial charge on any atom is -0.352 e. The number of carbonyl (C=O) groups is 2. The van der Waals surface area contributed by atoms with E-state index in [9.17, 15) is 18.4 Å². The van der Waals surface area contributed by atoms with Crippen LogP contribution in [0.3, 0.4) is 0 Å². The first-order chi connectivity index (χ1) is 10.5. The van der Waals surface area contributed by atoms with Gasteiger partial charge in [0, 0.05) is 31.6 Å². The molecule has 0 radical (unpaired) electrons. The summed E-state index contributed by atoms with van der Waals surface area (Å²) in [7, 11) is 0. The van der Waals surface area contributed by atoms with Crippen LogP contribution in [0.25, 0.3) is 0 Å². The molecule has 8 heteroatoms. The Kier molecular flexibility index (Phi) is 5.54. The fraction of sp³-hybridized carbons (Fsp3) is 0.467. The molecule has 2 aliphatic rings. The number of amides is 2. The number of anilines is 1. The van der Waals surface area contributed by atoms with Crippen LogP contribution in [0.2, 0.25) is 0 Å². The fourth-order valence-corrected chi connectivity index (χ4v) is 2.91. The van der Waals surface area contributed by atoms with E-state index in [0.29, 0.717) is 0 Å². The minimum absolute atomic E-state index is 0. The Hall–Kier alpha value is -1.73. The standard InChI is InChI=1S/C15H17F2N3O2.ClH/c16-10-1-2-13(12(17)6-10)20-8-9(5-14(20)21)15(22)19-11-3-4-18-7-11;/h1-2,6,9,11,18H,3-5,7-8H2,(H,19,22);1H. The van der Waals surface area contributed by atoms with E-state index in [0.717, 1.165) is 31.6 Å². The van der Waals surface area contributed by atoms with Gasteiger partial charge in [0.2, 0.25) is 11.8 Å². The summed E-state index contributed by atoms with van der Waals surface area (Å²) in [4.78, 5) is 25.4. The second kappa shape index (κ2) is 7.23. The minimum atomic E-state index is -0.797. The van der Waals surface area contributed by atoms with Gasteiger partial charge in [-0.05, 0) is 25.1 Å². The lowest BCUT2D eigenvalue weighted by Crippen LogP contribution is -2.40. The van der Waals surface area contributed by atoms with Crippen LogP contribution in [0.4, 0.5) is 14.5 Å². The molecule has 0 aromatic heterocycles. The van der Waals surface area contributed by atoms with Crippen LogP contribution in [-0.2, 0) is 9.59 Å². The second-order valence-corrected chi connectivity index (χ2v) is 5.70. The number of nitrogens with one attached hydrogen (secondary N) is 2. The number of carbonyl (C=O) groups excluding carboxylic acids is 2. The van der Waals surface area contributed by atoms with E-state index in [-0.39, 0.29) is 48.9 Å². The summed E-state index contributed by atoms with van der Waals surface area (Å²) in [6.45, 7) is 1.71. The molecule has 23 heavy (non-hydrogen) atoms.